The molecule has 0 nitrogen and oxygen atoms in total. The zero-order valence-electron chi connectivity index (χ0n) is 23.3. The predicted molar refractivity (Wildman–Crippen MR) is 181 cm³/mol. The van der Waals surface area contributed by atoms with E-state index in [2.05, 4.69) is 189 Å². The van der Waals surface area contributed by atoms with Gasteiger partial charge in [-0.25, -0.2) is 0 Å². The van der Waals surface area contributed by atoms with Crippen LogP contribution in [0.25, 0.3) is 0 Å². The van der Waals surface area contributed by atoms with Gasteiger partial charge in [0, 0.05) is 0 Å². The van der Waals surface area contributed by atoms with E-state index in [9.17, 15) is 0 Å². The highest BCUT2D eigenvalue weighted by atomic mass is 35.5. The van der Waals surface area contributed by atoms with Gasteiger partial charge in [-0.1, -0.05) is 146 Å². The maximum absolute atomic E-state index is 2.32. The average Bonchev–Trinajstić information content (AvgIpc) is 3.05. The van der Waals surface area contributed by atoms with Crippen molar-refractivity contribution >= 4 is 47.0 Å². The van der Waals surface area contributed by atoms with Gasteiger partial charge in [-0.3, -0.25) is 0 Å². The lowest BCUT2D eigenvalue weighted by Gasteiger charge is -2.26. The minimum atomic E-state index is -1.53. The lowest BCUT2D eigenvalue weighted by molar-refractivity contribution is -0.00000764. The molecular formula is C38H35ClP2. The van der Waals surface area contributed by atoms with E-state index >= 15 is 0 Å². The van der Waals surface area contributed by atoms with Crippen molar-refractivity contribution in [3.8, 4) is 0 Å². The van der Waals surface area contributed by atoms with E-state index in [0.29, 0.717) is 0 Å². The van der Waals surface area contributed by atoms with E-state index in [0.717, 1.165) is 6.16 Å². The summed E-state index contributed by atoms with van der Waals surface area (Å²) in [7, 11) is -1.98. The van der Waals surface area contributed by atoms with Crippen LogP contribution in [-0.2, 0) is 0 Å². The molecule has 0 aliphatic heterocycles. The molecule has 0 saturated carbocycles. The van der Waals surface area contributed by atoms with Crippen molar-refractivity contribution in [2.75, 3.05) is 6.16 Å². The molecule has 0 radical (unpaired) electrons. The third-order valence-corrected chi connectivity index (χ3v) is 14.0. The number of hydrogen-bond donors (Lipinski definition) is 0. The highest BCUT2D eigenvalue weighted by molar-refractivity contribution is 7.95. The maximum atomic E-state index is 2.32. The van der Waals surface area contributed by atoms with Crippen molar-refractivity contribution in [2.24, 2.45) is 0 Å². The van der Waals surface area contributed by atoms with Crippen LogP contribution in [0, 0.1) is 0 Å². The Morgan fingerprint density at radius 3 is 0.805 bits per heavy atom. The Hall–Kier alpha value is -3.53. The highest BCUT2D eigenvalue weighted by Gasteiger charge is 2.43. The van der Waals surface area contributed by atoms with Crippen LogP contribution >= 0.6 is 15.2 Å². The molecule has 41 heavy (non-hydrogen) atoms. The van der Waals surface area contributed by atoms with Crippen LogP contribution in [0.2, 0.25) is 0 Å². The Morgan fingerprint density at radius 2 is 0.585 bits per heavy atom. The molecule has 0 aromatic heterocycles. The van der Waals surface area contributed by atoms with E-state index < -0.39 is 15.2 Å². The zero-order valence-corrected chi connectivity index (χ0v) is 25.8. The number of benzene rings is 6. The van der Waals surface area contributed by atoms with Crippen LogP contribution in [0.15, 0.2) is 182 Å². The zero-order chi connectivity index (χ0) is 27.5. The van der Waals surface area contributed by atoms with Gasteiger partial charge in [0.05, 0.1) is 6.16 Å². The molecule has 0 atom stereocenters. The van der Waals surface area contributed by atoms with Crippen molar-refractivity contribution in [3.63, 3.8) is 0 Å². The Morgan fingerprint density at radius 1 is 0.366 bits per heavy atom. The Labute approximate surface area is 253 Å². The summed E-state index contributed by atoms with van der Waals surface area (Å²) < 4.78 is 0. The molecule has 0 aliphatic carbocycles. The second-order valence-electron chi connectivity index (χ2n) is 9.47. The van der Waals surface area contributed by atoms with Crippen molar-refractivity contribution < 1.29 is 12.4 Å². The fourth-order valence-electron chi connectivity index (χ4n) is 5.22. The average molecular weight is 589 g/mol. The third-order valence-electron chi connectivity index (χ3n) is 7.11. The summed E-state index contributed by atoms with van der Waals surface area (Å²) in [5.74, 6) is 0. The van der Waals surface area contributed by atoms with Gasteiger partial charge in [-0.15, -0.1) is 0 Å². The van der Waals surface area contributed by atoms with Crippen LogP contribution in [0.3, 0.4) is 0 Å². The van der Waals surface area contributed by atoms with Crippen LogP contribution in [0.4, 0.5) is 0 Å². The van der Waals surface area contributed by atoms with Gasteiger partial charge in [-0.2, -0.15) is 0 Å². The largest absolute Gasteiger partial charge is 1.00 e. The molecule has 3 heteroatoms. The van der Waals surface area contributed by atoms with Crippen molar-refractivity contribution in [2.45, 2.75) is 6.92 Å². The van der Waals surface area contributed by atoms with Crippen LogP contribution in [0.5, 0.6) is 0 Å². The Balaban J connectivity index is 0.000000185. The molecule has 0 saturated heterocycles. The summed E-state index contributed by atoms with van der Waals surface area (Å²) in [5.41, 5.74) is 0. The van der Waals surface area contributed by atoms with Crippen LogP contribution in [-0.4, -0.2) is 6.16 Å². The maximum Gasteiger partial charge on any atom is 0.111 e. The first-order chi connectivity index (χ1) is 19.8. The summed E-state index contributed by atoms with van der Waals surface area (Å²) in [6, 6.07) is 65.3. The number of rotatable bonds is 7. The SMILES string of the molecule is CC[P+](c1ccccc1)(c1ccccc1)c1ccccc1.[Cl-].c1ccc(P(c2ccccc2)c2ccccc2)cc1. The smallest absolute Gasteiger partial charge is 0.111 e. The first-order valence-electron chi connectivity index (χ1n) is 13.8. The van der Waals surface area contributed by atoms with E-state index in [1.807, 2.05) is 0 Å². The summed E-state index contributed by atoms with van der Waals surface area (Å²) in [4.78, 5) is 0. The molecular weight excluding hydrogens is 554 g/mol. The van der Waals surface area contributed by atoms with Gasteiger partial charge < -0.3 is 12.4 Å². The van der Waals surface area contributed by atoms with Gasteiger partial charge in [0.25, 0.3) is 0 Å². The molecule has 6 aromatic carbocycles. The van der Waals surface area contributed by atoms with Crippen molar-refractivity contribution in [1.29, 1.82) is 0 Å². The van der Waals surface area contributed by atoms with Crippen LogP contribution in [0.1, 0.15) is 6.92 Å². The van der Waals surface area contributed by atoms with Gasteiger partial charge in [0.15, 0.2) is 0 Å². The number of halogens is 1. The first-order valence-corrected chi connectivity index (χ1v) is 17.1. The molecule has 6 aromatic rings. The molecule has 0 fully saturated rings. The summed E-state index contributed by atoms with van der Waals surface area (Å²) in [6.45, 7) is 2.32. The second-order valence-corrected chi connectivity index (χ2v) is 15.5. The normalized spacial score (nSPS) is 10.7. The molecule has 0 heterocycles. The fraction of sp³-hybridized carbons (Fsp3) is 0.0526. The standard InChI is InChI=1S/C20H20P.C18H15P.ClH/c1-2-21(18-12-6-3-7-13-18,19-14-8-4-9-15-19)20-16-10-5-11-17-20;1-4-10-16(11-5-1)19(17-12-6-2-7-13-17)18-14-8-3-9-15-18;/h3-17H,2H2,1H3;1-15H;1H/q+1;;/p-1. The van der Waals surface area contributed by atoms with Gasteiger partial charge in [0.1, 0.15) is 23.2 Å². The predicted octanol–water partition coefficient (Wildman–Crippen LogP) is 4.45. The number of hydrogen-bond acceptors (Lipinski definition) is 0. The summed E-state index contributed by atoms with van der Waals surface area (Å²) in [6.07, 6.45) is 1.14. The quantitative estimate of drug-likeness (QED) is 0.242. The minimum absolute atomic E-state index is 0. The third kappa shape index (κ3) is 7.22. The molecule has 0 bridgehead atoms. The van der Waals surface area contributed by atoms with E-state index in [1.165, 1.54) is 31.8 Å². The summed E-state index contributed by atoms with van der Waals surface area (Å²) in [5, 5.41) is 8.58. The van der Waals surface area contributed by atoms with Gasteiger partial charge >= 0.3 is 0 Å². The Kier molecular flexibility index (Phi) is 11.5. The molecule has 0 aliphatic rings. The lowest BCUT2D eigenvalue weighted by Crippen LogP contribution is -3.00. The molecule has 6 rings (SSSR count). The van der Waals surface area contributed by atoms with Gasteiger partial charge in [-0.05, 0) is 67.2 Å². The topological polar surface area (TPSA) is 0 Å². The fourth-order valence-corrected chi connectivity index (χ4v) is 11.6. The van der Waals surface area contributed by atoms with E-state index in [-0.39, 0.29) is 12.4 Å². The minimum Gasteiger partial charge on any atom is -1.00 e. The van der Waals surface area contributed by atoms with E-state index in [1.54, 1.807) is 0 Å². The Bertz CT molecular complexity index is 1350. The monoisotopic (exact) mass is 588 g/mol. The molecule has 0 amide bonds. The second kappa shape index (κ2) is 15.5. The van der Waals surface area contributed by atoms with E-state index in [4.69, 9.17) is 0 Å². The lowest BCUT2D eigenvalue weighted by atomic mass is 10.4. The van der Waals surface area contributed by atoms with Crippen LogP contribution < -0.4 is 44.2 Å². The molecule has 0 N–H and O–H groups in total. The van der Waals surface area contributed by atoms with Gasteiger partial charge in [0.2, 0.25) is 0 Å². The summed E-state index contributed by atoms with van der Waals surface area (Å²) >= 11 is 0. The van der Waals surface area contributed by atoms with Crippen molar-refractivity contribution in [1.82, 2.24) is 0 Å². The van der Waals surface area contributed by atoms with Crippen molar-refractivity contribution in [3.05, 3.63) is 182 Å². The highest BCUT2D eigenvalue weighted by Crippen LogP contribution is 2.54. The molecule has 204 valence electrons. The molecule has 0 unspecified atom stereocenters. The molecule has 0 spiro atoms. The first kappa shape index (κ1) is 30.4.